The fourth-order valence-corrected chi connectivity index (χ4v) is 4.42. The number of rotatable bonds is 3. The van der Waals surface area contributed by atoms with Crippen molar-refractivity contribution in [3.05, 3.63) is 47.8 Å². The van der Waals surface area contributed by atoms with E-state index in [-0.39, 0.29) is 5.91 Å². The van der Waals surface area contributed by atoms with Gasteiger partial charge in [0.15, 0.2) is 0 Å². The van der Waals surface area contributed by atoms with E-state index in [0.29, 0.717) is 12.1 Å². The maximum absolute atomic E-state index is 13.1. The van der Waals surface area contributed by atoms with Crippen LogP contribution < -0.4 is 0 Å². The van der Waals surface area contributed by atoms with E-state index in [4.69, 9.17) is 0 Å². The summed E-state index contributed by atoms with van der Waals surface area (Å²) in [5.41, 5.74) is 2.86. The topological polar surface area (TPSA) is 41.4 Å². The Labute approximate surface area is 149 Å². The zero-order chi connectivity index (χ0) is 17.4. The molecule has 132 valence electrons. The smallest absolute Gasteiger partial charge is 0.254 e. The van der Waals surface area contributed by atoms with Crippen LogP contribution in [0.5, 0.6) is 0 Å². The lowest BCUT2D eigenvalue weighted by atomic mass is 10.0. The molecule has 0 spiro atoms. The fourth-order valence-electron chi connectivity index (χ4n) is 4.42. The molecule has 2 aliphatic heterocycles. The summed E-state index contributed by atoms with van der Waals surface area (Å²) in [4.78, 5) is 17.6. The molecule has 1 aromatic carbocycles. The summed E-state index contributed by atoms with van der Waals surface area (Å²) in [5, 5.41) is 4.33. The van der Waals surface area contributed by atoms with Crippen molar-refractivity contribution in [3.8, 4) is 5.69 Å². The molecule has 2 aliphatic rings. The van der Waals surface area contributed by atoms with Crippen molar-refractivity contribution in [2.24, 2.45) is 0 Å². The van der Waals surface area contributed by atoms with Gasteiger partial charge in [-0.1, -0.05) is 0 Å². The first-order valence-corrected chi connectivity index (χ1v) is 9.27. The number of aromatic nitrogens is 2. The van der Waals surface area contributed by atoms with Gasteiger partial charge >= 0.3 is 0 Å². The minimum absolute atomic E-state index is 0.173. The second-order valence-corrected chi connectivity index (χ2v) is 7.33. The Balaban J connectivity index is 1.53. The van der Waals surface area contributed by atoms with E-state index in [9.17, 15) is 4.79 Å². The number of carbonyl (C=O) groups excluding carboxylic acids is 1. The Morgan fingerprint density at radius 2 is 1.76 bits per heavy atom. The van der Waals surface area contributed by atoms with E-state index in [1.807, 2.05) is 41.9 Å². The highest BCUT2D eigenvalue weighted by Crippen LogP contribution is 2.30. The van der Waals surface area contributed by atoms with Crippen LogP contribution in [0.3, 0.4) is 0 Å². The fraction of sp³-hybridized carbons (Fsp3) is 0.500. The minimum Gasteiger partial charge on any atom is -0.334 e. The third-order valence-electron chi connectivity index (χ3n) is 5.77. The van der Waals surface area contributed by atoms with E-state index in [1.54, 1.807) is 6.20 Å². The largest absolute Gasteiger partial charge is 0.334 e. The molecule has 25 heavy (non-hydrogen) atoms. The van der Waals surface area contributed by atoms with Crippen LogP contribution in [0.25, 0.3) is 5.69 Å². The van der Waals surface area contributed by atoms with Gasteiger partial charge in [-0.3, -0.25) is 4.79 Å². The molecular formula is C20H26N4O. The molecule has 0 saturated carbocycles. The van der Waals surface area contributed by atoms with Crippen molar-refractivity contribution in [3.63, 3.8) is 0 Å². The minimum atomic E-state index is 0.173. The molecular weight excluding hydrogens is 312 g/mol. The van der Waals surface area contributed by atoms with Gasteiger partial charge in [-0.15, -0.1) is 0 Å². The Kier molecular flexibility index (Phi) is 4.34. The van der Waals surface area contributed by atoms with Crippen LogP contribution in [0.2, 0.25) is 0 Å². The molecule has 2 aromatic rings. The van der Waals surface area contributed by atoms with Crippen LogP contribution in [0.1, 0.15) is 41.7 Å². The number of aryl methyl sites for hydroxylation is 1. The number of nitrogens with zero attached hydrogens (tertiary/aromatic N) is 4. The number of hydrogen-bond donors (Lipinski definition) is 0. The van der Waals surface area contributed by atoms with Crippen molar-refractivity contribution < 1.29 is 4.79 Å². The van der Waals surface area contributed by atoms with E-state index in [1.165, 1.54) is 12.8 Å². The molecule has 0 radical (unpaired) electrons. The van der Waals surface area contributed by atoms with Gasteiger partial charge in [0.25, 0.3) is 5.91 Å². The third-order valence-corrected chi connectivity index (χ3v) is 5.77. The van der Waals surface area contributed by atoms with E-state index >= 15 is 0 Å². The van der Waals surface area contributed by atoms with Gasteiger partial charge in [-0.05, 0) is 76.5 Å². The van der Waals surface area contributed by atoms with Crippen molar-refractivity contribution in [1.82, 2.24) is 19.6 Å². The van der Waals surface area contributed by atoms with E-state index < -0.39 is 0 Å². The standard InChI is InChI=1S/C20H26N4O/c1-15-11-12-21-24(15)17-9-7-16(8-10-17)20(25)23-14-4-6-19(23)18-5-3-13-22(18)2/h7-12,18-19H,3-6,13-14H2,1-2H3/t18-,19+/m1/s1. The number of amides is 1. The number of likely N-dealkylation sites (N-methyl/N-ethyl adjacent to an activating group) is 1. The van der Waals surface area contributed by atoms with Gasteiger partial charge < -0.3 is 9.80 Å². The lowest BCUT2D eigenvalue weighted by Crippen LogP contribution is -2.47. The van der Waals surface area contributed by atoms with Gasteiger partial charge in [0.1, 0.15) is 0 Å². The molecule has 5 heteroatoms. The van der Waals surface area contributed by atoms with Crippen LogP contribution in [0.15, 0.2) is 36.5 Å². The molecule has 0 aliphatic carbocycles. The first-order chi connectivity index (χ1) is 12.1. The highest BCUT2D eigenvalue weighted by atomic mass is 16.2. The first kappa shape index (κ1) is 16.3. The monoisotopic (exact) mass is 338 g/mol. The van der Waals surface area contributed by atoms with Crippen LogP contribution in [-0.4, -0.2) is 57.7 Å². The van der Waals surface area contributed by atoms with Crippen LogP contribution >= 0.6 is 0 Å². The van der Waals surface area contributed by atoms with Crippen LogP contribution in [0.4, 0.5) is 0 Å². The molecule has 3 heterocycles. The Hall–Kier alpha value is -2.14. The molecule has 1 aromatic heterocycles. The van der Waals surface area contributed by atoms with Gasteiger partial charge in [-0.25, -0.2) is 4.68 Å². The van der Waals surface area contributed by atoms with Gasteiger partial charge in [0.05, 0.1) is 5.69 Å². The zero-order valence-corrected chi connectivity index (χ0v) is 15.1. The molecule has 5 nitrogen and oxygen atoms in total. The highest BCUT2D eigenvalue weighted by molar-refractivity contribution is 5.94. The summed E-state index contributed by atoms with van der Waals surface area (Å²) in [6.07, 6.45) is 6.50. The van der Waals surface area contributed by atoms with Gasteiger partial charge in [0.2, 0.25) is 0 Å². The quantitative estimate of drug-likeness (QED) is 0.864. The van der Waals surface area contributed by atoms with Crippen molar-refractivity contribution in [2.45, 2.75) is 44.7 Å². The Morgan fingerprint density at radius 1 is 1.04 bits per heavy atom. The molecule has 0 N–H and O–H groups in total. The molecule has 2 fully saturated rings. The lowest BCUT2D eigenvalue weighted by Gasteiger charge is -2.33. The Morgan fingerprint density at radius 3 is 2.40 bits per heavy atom. The van der Waals surface area contributed by atoms with Crippen LogP contribution in [0, 0.1) is 6.92 Å². The molecule has 1 amide bonds. The second-order valence-electron chi connectivity index (χ2n) is 7.33. The SMILES string of the molecule is Cc1ccnn1-c1ccc(C(=O)N2CCC[C@H]2[C@H]2CCCN2C)cc1. The summed E-state index contributed by atoms with van der Waals surface area (Å²) in [6.45, 7) is 4.06. The zero-order valence-electron chi connectivity index (χ0n) is 15.1. The average Bonchev–Trinajstić information content (AvgIpc) is 3.35. The first-order valence-electron chi connectivity index (χ1n) is 9.27. The molecule has 0 bridgehead atoms. The number of likely N-dealkylation sites (tertiary alicyclic amines) is 2. The van der Waals surface area contributed by atoms with Gasteiger partial charge in [-0.2, -0.15) is 5.10 Å². The molecule has 2 atom stereocenters. The predicted octanol–water partition coefficient (Wildman–Crippen LogP) is 2.88. The number of hydrogen-bond acceptors (Lipinski definition) is 3. The summed E-state index contributed by atoms with van der Waals surface area (Å²) in [5.74, 6) is 0.173. The molecule has 4 rings (SSSR count). The van der Waals surface area contributed by atoms with Gasteiger partial charge in [0, 0.05) is 36.1 Å². The molecule has 2 saturated heterocycles. The maximum atomic E-state index is 13.1. The predicted molar refractivity (Wildman–Crippen MR) is 98.0 cm³/mol. The average molecular weight is 338 g/mol. The second kappa shape index (κ2) is 6.64. The summed E-state index contributed by atoms with van der Waals surface area (Å²) in [7, 11) is 2.19. The summed E-state index contributed by atoms with van der Waals surface area (Å²) >= 11 is 0. The normalized spacial score (nSPS) is 24.2. The van der Waals surface area contributed by atoms with Crippen molar-refractivity contribution in [2.75, 3.05) is 20.1 Å². The molecule has 0 unspecified atom stereocenters. The van der Waals surface area contributed by atoms with Crippen molar-refractivity contribution >= 4 is 5.91 Å². The maximum Gasteiger partial charge on any atom is 0.254 e. The number of carbonyl (C=O) groups is 1. The number of benzene rings is 1. The van der Waals surface area contributed by atoms with E-state index in [2.05, 4.69) is 21.9 Å². The highest BCUT2D eigenvalue weighted by Gasteiger charge is 2.38. The van der Waals surface area contributed by atoms with Crippen LogP contribution in [-0.2, 0) is 0 Å². The van der Waals surface area contributed by atoms with E-state index in [0.717, 1.165) is 42.9 Å². The lowest BCUT2D eigenvalue weighted by molar-refractivity contribution is 0.0664. The Bertz CT molecular complexity index is 751. The third kappa shape index (κ3) is 2.97. The van der Waals surface area contributed by atoms with Crippen molar-refractivity contribution in [1.29, 1.82) is 0 Å². The summed E-state index contributed by atoms with van der Waals surface area (Å²) < 4.78 is 1.89. The summed E-state index contributed by atoms with van der Waals surface area (Å²) in [6, 6.07) is 10.7.